The van der Waals surface area contributed by atoms with Gasteiger partial charge >= 0.3 is 5.97 Å². The molecule has 0 unspecified atom stereocenters. The largest absolute Gasteiger partial charge is 0.507 e. The Kier molecular flexibility index (Phi) is 4.87. The molecule has 8 heteroatoms. The highest BCUT2D eigenvalue weighted by Gasteiger charge is 2.24. The van der Waals surface area contributed by atoms with Crippen molar-refractivity contribution >= 4 is 16.0 Å². The Morgan fingerprint density at radius 2 is 2.00 bits per heavy atom. The number of benzene rings is 1. The van der Waals surface area contributed by atoms with Gasteiger partial charge in [-0.15, -0.1) is 0 Å². The van der Waals surface area contributed by atoms with Gasteiger partial charge in [0.25, 0.3) is 0 Å². The van der Waals surface area contributed by atoms with Gasteiger partial charge in [-0.05, 0) is 18.2 Å². The lowest BCUT2D eigenvalue weighted by molar-refractivity contribution is 0.0693. The highest BCUT2D eigenvalue weighted by atomic mass is 32.2. The lowest BCUT2D eigenvalue weighted by Gasteiger charge is -2.19. The quantitative estimate of drug-likeness (QED) is 0.684. The third-order valence-electron chi connectivity index (χ3n) is 2.54. The number of aromatic hydroxyl groups is 1. The average molecular weight is 289 g/mol. The van der Waals surface area contributed by atoms with Gasteiger partial charge in [0.1, 0.15) is 11.3 Å². The van der Waals surface area contributed by atoms with Gasteiger partial charge in [0.05, 0.1) is 11.5 Å². The number of phenols is 1. The van der Waals surface area contributed by atoms with Gasteiger partial charge in [0.15, 0.2) is 0 Å². The van der Waals surface area contributed by atoms with Crippen LogP contribution in [0.2, 0.25) is 0 Å². The first-order chi connectivity index (χ1) is 8.84. The molecule has 0 spiro atoms. The minimum absolute atomic E-state index is 0.0812. The molecule has 0 amide bonds. The minimum atomic E-state index is -3.89. The van der Waals surface area contributed by atoms with Gasteiger partial charge in [0, 0.05) is 13.1 Å². The molecule has 19 heavy (non-hydrogen) atoms. The standard InChI is InChI=1S/C11H15NO6S/c1-2-12(5-6-13)19(17,18)8-3-4-10(14)9(7-8)11(15)16/h3-4,7,13-14H,2,5-6H2,1H3,(H,15,16). The van der Waals surface area contributed by atoms with Crippen molar-refractivity contribution in [3.63, 3.8) is 0 Å². The van der Waals surface area contributed by atoms with Crippen molar-refractivity contribution < 1.29 is 28.5 Å². The number of nitrogens with zero attached hydrogens (tertiary/aromatic N) is 1. The number of hydrogen-bond acceptors (Lipinski definition) is 5. The number of aliphatic hydroxyl groups is 1. The molecule has 106 valence electrons. The summed E-state index contributed by atoms with van der Waals surface area (Å²) in [5, 5.41) is 27.0. The zero-order valence-electron chi connectivity index (χ0n) is 10.3. The van der Waals surface area contributed by atoms with Crippen LogP contribution in [0.5, 0.6) is 5.75 Å². The Morgan fingerprint density at radius 1 is 1.37 bits per heavy atom. The van der Waals surface area contributed by atoms with E-state index in [0.29, 0.717) is 0 Å². The van der Waals surface area contributed by atoms with Crippen molar-refractivity contribution in [1.82, 2.24) is 4.31 Å². The van der Waals surface area contributed by atoms with E-state index in [1.54, 1.807) is 6.92 Å². The SMILES string of the molecule is CCN(CCO)S(=O)(=O)c1ccc(O)c(C(=O)O)c1. The van der Waals surface area contributed by atoms with E-state index < -0.39 is 27.3 Å². The highest BCUT2D eigenvalue weighted by Crippen LogP contribution is 2.23. The van der Waals surface area contributed by atoms with Crippen LogP contribution >= 0.6 is 0 Å². The summed E-state index contributed by atoms with van der Waals surface area (Å²) in [6, 6.07) is 3.04. The zero-order chi connectivity index (χ0) is 14.6. The average Bonchev–Trinajstić information content (AvgIpc) is 2.35. The van der Waals surface area contributed by atoms with E-state index in [1.807, 2.05) is 0 Å². The second kappa shape index (κ2) is 6.00. The van der Waals surface area contributed by atoms with Crippen molar-refractivity contribution in [3.8, 4) is 5.75 Å². The third kappa shape index (κ3) is 3.22. The summed E-state index contributed by atoms with van der Waals surface area (Å²) in [7, 11) is -3.89. The van der Waals surface area contributed by atoms with E-state index >= 15 is 0 Å². The molecule has 0 heterocycles. The van der Waals surface area contributed by atoms with Gasteiger partial charge in [-0.2, -0.15) is 4.31 Å². The number of hydrogen-bond donors (Lipinski definition) is 3. The van der Waals surface area contributed by atoms with Gasteiger partial charge in [-0.1, -0.05) is 6.92 Å². The molecule has 3 N–H and O–H groups in total. The number of likely N-dealkylation sites (N-methyl/N-ethyl adjacent to an activating group) is 1. The van der Waals surface area contributed by atoms with E-state index in [2.05, 4.69) is 0 Å². The van der Waals surface area contributed by atoms with Crippen LogP contribution in [-0.4, -0.2) is 53.7 Å². The summed E-state index contributed by atoms with van der Waals surface area (Å²) >= 11 is 0. The molecule has 0 saturated carbocycles. The molecule has 0 aliphatic carbocycles. The van der Waals surface area contributed by atoms with E-state index in [-0.39, 0.29) is 24.6 Å². The van der Waals surface area contributed by atoms with Crippen molar-refractivity contribution in [2.75, 3.05) is 19.7 Å². The molecule has 0 radical (unpaired) electrons. The normalized spacial score (nSPS) is 11.7. The van der Waals surface area contributed by atoms with E-state index in [4.69, 9.17) is 10.2 Å². The Bertz CT molecular complexity index is 569. The molecule has 0 fully saturated rings. The Labute approximate surface area is 110 Å². The van der Waals surface area contributed by atoms with Crippen LogP contribution in [0.3, 0.4) is 0 Å². The molecule has 0 atom stereocenters. The summed E-state index contributed by atoms with van der Waals surface area (Å²) < 4.78 is 25.4. The molecule has 0 saturated heterocycles. The number of sulfonamides is 1. The predicted octanol–water partition coefficient (Wildman–Crippen LogP) is 0.0933. The fraction of sp³-hybridized carbons (Fsp3) is 0.364. The lowest BCUT2D eigenvalue weighted by atomic mass is 10.2. The monoisotopic (exact) mass is 289 g/mol. The first kappa shape index (κ1) is 15.4. The van der Waals surface area contributed by atoms with Gasteiger partial charge in [-0.3, -0.25) is 0 Å². The molecule has 1 rings (SSSR count). The van der Waals surface area contributed by atoms with Crippen LogP contribution < -0.4 is 0 Å². The maximum atomic E-state index is 12.2. The highest BCUT2D eigenvalue weighted by molar-refractivity contribution is 7.89. The summed E-state index contributed by atoms with van der Waals surface area (Å²) in [6.07, 6.45) is 0. The van der Waals surface area contributed by atoms with Crippen LogP contribution in [0.4, 0.5) is 0 Å². The smallest absolute Gasteiger partial charge is 0.339 e. The number of carboxylic acid groups (broad SMARTS) is 1. The van der Waals surface area contributed by atoms with Crippen molar-refractivity contribution in [2.45, 2.75) is 11.8 Å². The Balaban J connectivity index is 3.29. The maximum absolute atomic E-state index is 12.2. The van der Waals surface area contributed by atoms with E-state index in [9.17, 15) is 18.3 Å². The van der Waals surface area contributed by atoms with E-state index in [0.717, 1.165) is 22.5 Å². The molecular weight excluding hydrogens is 274 g/mol. The molecule has 0 aliphatic heterocycles. The second-order valence-corrected chi connectivity index (χ2v) is 5.64. The number of carboxylic acids is 1. The molecule has 0 aromatic heterocycles. The summed E-state index contributed by atoms with van der Waals surface area (Å²) in [5.41, 5.74) is -0.485. The maximum Gasteiger partial charge on any atom is 0.339 e. The number of rotatable bonds is 6. The number of aromatic carboxylic acids is 1. The molecule has 0 bridgehead atoms. The second-order valence-electron chi connectivity index (χ2n) is 3.70. The lowest BCUT2D eigenvalue weighted by Crippen LogP contribution is -2.33. The Hall–Kier alpha value is -1.64. The van der Waals surface area contributed by atoms with Crippen LogP contribution in [0, 0.1) is 0 Å². The first-order valence-corrected chi connectivity index (χ1v) is 6.96. The molecular formula is C11H15NO6S. The van der Waals surface area contributed by atoms with Crippen LogP contribution in [0.25, 0.3) is 0 Å². The molecule has 0 aliphatic rings. The number of carbonyl (C=O) groups is 1. The molecule has 7 nitrogen and oxygen atoms in total. The Morgan fingerprint density at radius 3 is 2.47 bits per heavy atom. The van der Waals surface area contributed by atoms with Crippen LogP contribution in [0.15, 0.2) is 23.1 Å². The predicted molar refractivity (Wildman–Crippen MR) is 66.6 cm³/mol. The van der Waals surface area contributed by atoms with Crippen LogP contribution in [0.1, 0.15) is 17.3 Å². The van der Waals surface area contributed by atoms with Gasteiger partial charge in [0.2, 0.25) is 10.0 Å². The van der Waals surface area contributed by atoms with Crippen molar-refractivity contribution in [1.29, 1.82) is 0 Å². The van der Waals surface area contributed by atoms with Gasteiger partial charge in [-0.25, -0.2) is 13.2 Å². The molecule has 1 aromatic rings. The van der Waals surface area contributed by atoms with Crippen molar-refractivity contribution in [2.24, 2.45) is 0 Å². The first-order valence-electron chi connectivity index (χ1n) is 5.52. The summed E-state index contributed by atoms with van der Waals surface area (Å²) in [6.45, 7) is 1.33. The van der Waals surface area contributed by atoms with Crippen molar-refractivity contribution in [3.05, 3.63) is 23.8 Å². The third-order valence-corrected chi connectivity index (χ3v) is 4.51. The van der Waals surface area contributed by atoms with Gasteiger partial charge < -0.3 is 15.3 Å². The van der Waals surface area contributed by atoms with Crippen LogP contribution in [-0.2, 0) is 10.0 Å². The summed E-state index contributed by atoms with van der Waals surface area (Å²) in [5.74, 6) is -1.92. The summed E-state index contributed by atoms with van der Waals surface area (Å²) in [4.78, 5) is 10.6. The zero-order valence-corrected chi connectivity index (χ0v) is 11.1. The van der Waals surface area contributed by atoms with E-state index in [1.165, 1.54) is 0 Å². The fourth-order valence-corrected chi connectivity index (χ4v) is 3.02. The molecule has 1 aromatic carbocycles. The fourth-order valence-electron chi connectivity index (χ4n) is 1.56. The topological polar surface area (TPSA) is 115 Å². The number of aliphatic hydroxyl groups excluding tert-OH is 1. The minimum Gasteiger partial charge on any atom is -0.507 e.